The third-order valence-corrected chi connectivity index (χ3v) is 34.0. The van der Waals surface area contributed by atoms with Crippen molar-refractivity contribution in [2.24, 2.45) is 0 Å². The second-order valence-corrected chi connectivity index (χ2v) is 29.8. The minimum atomic E-state index is -0.847. The summed E-state index contributed by atoms with van der Waals surface area (Å²) in [6.45, 7) is 20.6. The maximum atomic E-state index is 2.67. The zero-order valence-corrected chi connectivity index (χ0v) is 15.4. The van der Waals surface area contributed by atoms with Gasteiger partial charge in [0.05, 0.1) is 0 Å². The van der Waals surface area contributed by atoms with Gasteiger partial charge < -0.3 is 0 Å². The van der Waals surface area contributed by atoms with Crippen molar-refractivity contribution in [2.45, 2.75) is 63.7 Å². The normalized spacial score (nSPS) is 14.1. The van der Waals surface area contributed by atoms with Crippen molar-refractivity contribution in [3.8, 4) is 0 Å². The molecule has 0 spiro atoms. The standard InChI is InChI=1S/C10H28Si4/c1-11(2)9-13(5,6)14(7,8)10-12(3)4/h9-10H2,1-8H3. The molecular weight excluding hydrogens is 232 g/mol. The summed E-state index contributed by atoms with van der Waals surface area (Å²) in [5, 5.41) is 0. The Labute approximate surface area is 96.5 Å². The summed E-state index contributed by atoms with van der Waals surface area (Å²) in [5.41, 5.74) is 3.29. The summed E-state index contributed by atoms with van der Waals surface area (Å²) in [7, 11) is -1.70. The SMILES string of the molecule is C[Si](C)C[Si](C)(C)[Si](C)(C)C[Si](C)C. The zero-order chi connectivity index (χ0) is 11.6. The molecule has 0 aromatic carbocycles. The van der Waals surface area contributed by atoms with E-state index < -0.39 is 15.2 Å². The van der Waals surface area contributed by atoms with E-state index in [4.69, 9.17) is 0 Å². The fraction of sp³-hybridized carbons (Fsp3) is 1.00. The van der Waals surface area contributed by atoms with Crippen LogP contribution in [-0.4, -0.2) is 32.8 Å². The molecule has 0 aliphatic rings. The van der Waals surface area contributed by atoms with Crippen molar-refractivity contribution in [3.63, 3.8) is 0 Å². The van der Waals surface area contributed by atoms with Gasteiger partial charge in [0, 0.05) is 32.8 Å². The Morgan fingerprint density at radius 1 is 0.643 bits per heavy atom. The number of hydrogen-bond acceptors (Lipinski definition) is 0. The smallest absolute Gasteiger partial charge is 0.0382 e. The van der Waals surface area contributed by atoms with E-state index in [1.165, 1.54) is 0 Å². The lowest BCUT2D eigenvalue weighted by Gasteiger charge is -2.40. The van der Waals surface area contributed by atoms with Crippen LogP contribution >= 0.6 is 0 Å². The first-order valence-electron chi connectivity index (χ1n) is 5.66. The van der Waals surface area contributed by atoms with E-state index in [1.807, 2.05) is 0 Å². The average molecular weight is 261 g/mol. The Bertz CT molecular complexity index is 153. The fourth-order valence-corrected chi connectivity index (χ4v) is 35.2. The average Bonchev–Trinajstić information content (AvgIpc) is 1.78. The highest BCUT2D eigenvalue weighted by molar-refractivity contribution is 7.43. The monoisotopic (exact) mass is 260 g/mol. The van der Waals surface area contributed by atoms with Crippen LogP contribution in [0.5, 0.6) is 0 Å². The van der Waals surface area contributed by atoms with Gasteiger partial charge in [-0.15, -0.1) is 0 Å². The van der Waals surface area contributed by atoms with E-state index >= 15 is 0 Å². The molecule has 0 fully saturated rings. The molecule has 0 N–H and O–H groups in total. The van der Waals surface area contributed by atoms with Crippen LogP contribution in [0, 0.1) is 0 Å². The van der Waals surface area contributed by atoms with Gasteiger partial charge in [0.2, 0.25) is 0 Å². The van der Waals surface area contributed by atoms with E-state index in [0.717, 1.165) is 0 Å². The molecule has 0 atom stereocenters. The molecule has 4 heteroatoms. The predicted octanol–water partition coefficient (Wildman–Crippen LogP) is 4.07. The molecule has 0 amide bonds. The summed E-state index contributed by atoms with van der Waals surface area (Å²) in [6, 6.07) is 0. The first-order valence-corrected chi connectivity index (χ1v) is 18.5. The first-order chi connectivity index (χ1) is 6.08. The largest absolute Gasteiger partial charge is 0.0715 e. The van der Waals surface area contributed by atoms with E-state index in [0.29, 0.717) is 0 Å². The molecule has 0 unspecified atom stereocenters. The van der Waals surface area contributed by atoms with Crippen molar-refractivity contribution in [1.29, 1.82) is 0 Å². The van der Waals surface area contributed by atoms with Crippen LogP contribution in [0.25, 0.3) is 0 Å². The van der Waals surface area contributed by atoms with Gasteiger partial charge in [-0.1, -0.05) is 63.7 Å². The number of hydrogen-bond donors (Lipinski definition) is 0. The Kier molecular flexibility index (Phi) is 5.60. The van der Waals surface area contributed by atoms with E-state index in [9.17, 15) is 0 Å². The lowest BCUT2D eigenvalue weighted by molar-refractivity contribution is 1.57. The van der Waals surface area contributed by atoms with Crippen molar-refractivity contribution < 1.29 is 0 Å². The quantitative estimate of drug-likeness (QED) is 0.654. The summed E-state index contributed by atoms with van der Waals surface area (Å²) in [4.78, 5) is 0. The van der Waals surface area contributed by atoms with Crippen molar-refractivity contribution >= 4 is 32.8 Å². The van der Waals surface area contributed by atoms with E-state index in [-0.39, 0.29) is 17.6 Å². The lowest BCUT2D eigenvalue weighted by Crippen LogP contribution is -2.57. The number of rotatable bonds is 5. The van der Waals surface area contributed by atoms with Crippen LogP contribution in [-0.2, 0) is 0 Å². The zero-order valence-electron chi connectivity index (χ0n) is 11.4. The predicted molar refractivity (Wildman–Crippen MR) is 79.5 cm³/mol. The molecule has 0 heterocycles. The van der Waals surface area contributed by atoms with Crippen molar-refractivity contribution in [2.75, 3.05) is 0 Å². The van der Waals surface area contributed by atoms with Crippen molar-refractivity contribution in [3.05, 3.63) is 0 Å². The van der Waals surface area contributed by atoms with Gasteiger partial charge in [-0.25, -0.2) is 0 Å². The van der Waals surface area contributed by atoms with E-state index in [1.54, 1.807) is 11.3 Å². The van der Waals surface area contributed by atoms with Crippen LogP contribution in [0.1, 0.15) is 0 Å². The maximum Gasteiger partial charge on any atom is 0.0382 e. The van der Waals surface area contributed by atoms with Crippen LogP contribution in [0.2, 0.25) is 63.7 Å². The fourth-order valence-electron chi connectivity index (χ4n) is 2.25. The van der Waals surface area contributed by atoms with Gasteiger partial charge in [0.15, 0.2) is 0 Å². The van der Waals surface area contributed by atoms with Gasteiger partial charge in [0.25, 0.3) is 0 Å². The van der Waals surface area contributed by atoms with Gasteiger partial charge in [-0.3, -0.25) is 0 Å². The van der Waals surface area contributed by atoms with Gasteiger partial charge in [-0.05, 0) is 0 Å². The van der Waals surface area contributed by atoms with Crippen LogP contribution in [0.3, 0.4) is 0 Å². The molecule has 0 saturated carbocycles. The molecule has 0 bridgehead atoms. The molecule has 0 aliphatic heterocycles. The summed E-state index contributed by atoms with van der Waals surface area (Å²) < 4.78 is 0. The lowest BCUT2D eigenvalue weighted by atomic mass is 11.8. The minimum Gasteiger partial charge on any atom is -0.0715 e. The highest BCUT2D eigenvalue weighted by atomic mass is 29.3. The summed E-state index contributed by atoms with van der Waals surface area (Å²) >= 11 is 0. The van der Waals surface area contributed by atoms with Gasteiger partial charge in [-0.2, -0.15) is 0 Å². The van der Waals surface area contributed by atoms with Crippen LogP contribution in [0.15, 0.2) is 0 Å². The highest BCUT2D eigenvalue weighted by Crippen LogP contribution is 2.28. The molecule has 0 saturated heterocycles. The molecule has 14 heavy (non-hydrogen) atoms. The molecule has 0 aromatic rings. The molecule has 0 rings (SSSR count). The van der Waals surface area contributed by atoms with Gasteiger partial charge >= 0.3 is 0 Å². The van der Waals surface area contributed by atoms with Crippen LogP contribution in [0.4, 0.5) is 0 Å². The third kappa shape index (κ3) is 4.59. The molecule has 0 nitrogen and oxygen atoms in total. The second-order valence-electron chi connectivity index (χ2n) is 6.54. The third-order valence-electron chi connectivity index (χ3n) is 3.42. The molecule has 84 valence electrons. The highest BCUT2D eigenvalue weighted by Gasteiger charge is 2.40. The summed E-state index contributed by atoms with van der Waals surface area (Å²) in [5.74, 6) is 0. The van der Waals surface area contributed by atoms with Crippen molar-refractivity contribution in [1.82, 2.24) is 0 Å². The van der Waals surface area contributed by atoms with Crippen LogP contribution < -0.4 is 0 Å². The molecular formula is C10H28Si4. The summed E-state index contributed by atoms with van der Waals surface area (Å²) in [6.07, 6.45) is 0. The first kappa shape index (κ1) is 14.9. The Morgan fingerprint density at radius 3 is 1.00 bits per heavy atom. The van der Waals surface area contributed by atoms with Gasteiger partial charge in [0.1, 0.15) is 0 Å². The molecule has 0 aromatic heterocycles. The topological polar surface area (TPSA) is 0 Å². The molecule has 0 aliphatic carbocycles. The second kappa shape index (κ2) is 5.27. The van der Waals surface area contributed by atoms with E-state index in [2.05, 4.69) is 52.4 Å². The minimum absolute atomic E-state index is 0.00143. The Balaban J connectivity index is 4.51. The maximum absolute atomic E-state index is 2.67. The molecule has 2 radical (unpaired) electrons. The Hall–Kier alpha value is 0.868. The Morgan fingerprint density at radius 2 is 0.857 bits per heavy atom.